The molecule has 0 amide bonds. The Balaban J connectivity index is 5.27. The molecule has 2 N–H and O–H groups in total. The van der Waals surface area contributed by atoms with E-state index in [2.05, 4.69) is 9.47 Å². The fourth-order valence-electron chi connectivity index (χ4n) is 2.76. The first-order valence-electron chi connectivity index (χ1n) is 11.3. The molecule has 284 valence electrons. The van der Waals surface area contributed by atoms with Gasteiger partial charge in [0, 0.05) is 25.0 Å². The molecule has 0 heterocycles. The summed E-state index contributed by atoms with van der Waals surface area (Å²) in [4.78, 5) is 22.7. The smallest absolute Gasteiger partial charge is 0.460 e. The molecule has 0 saturated carbocycles. The number of hydrogen-bond donors (Lipinski definition) is 2. The maximum atomic E-state index is 13.6. The van der Waals surface area contributed by atoms with E-state index in [9.17, 15) is 116 Å². The number of carbonyl (C=O) groups is 2. The molecule has 0 aromatic carbocycles. The Morgan fingerprint density at radius 2 is 0.667 bits per heavy atom. The van der Waals surface area contributed by atoms with Gasteiger partial charge < -0.3 is 19.7 Å². The molecule has 0 rings (SSSR count). The van der Waals surface area contributed by atoms with Gasteiger partial charge in [-0.1, -0.05) is 0 Å². The van der Waals surface area contributed by atoms with Crippen molar-refractivity contribution in [3.05, 3.63) is 12.2 Å². The Morgan fingerprint density at radius 1 is 0.438 bits per heavy atom. The maximum absolute atomic E-state index is 13.6. The lowest BCUT2D eigenvalue weighted by molar-refractivity contribution is -0.423. The fraction of sp³-hybridized carbons (Fsp3) is 0.800. The molecular formula is C20H14F22O6. The molecule has 2 atom stereocenters. The van der Waals surface area contributed by atoms with Gasteiger partial charge in [-0.25, -0.2) is 9.59 Å². The van der Waals surface area contributed by atoms with Gasteiger partial charge in [0.2, 0.25) is 0 Å². The third kappa shape index (κ3) is 8.61. The zero-order valence-electron chi connectivity index (χ0n) is 22.0. The predicted octanol–water partition coefficient (Wildman–Crippen LogP) is 6.34. The molecule has 0 aromatic heterocycles. The van der Waals surface area contributed by atoms with Crippen LogP contribution in [0.1, 0.15) is 12.8 Å². The quantitative estimate of drug-likeness (QED) is 0.108. The van der Waals surface area contributed by atoms with Crippen molar-refractivity contribution in [3.8, 4) is 0 Å². The number of aliphatic hydroxyl groups is 2. The van der Waals surface area contributed by atoms with Crippen molar-refractivity contribution in [1.82, 2.24) is 0 Å². The first-order valence-corrected chi connectivity index (χ1v) is 11.3. The third-order valence-corrected chi connectivity index (χ3v) is 5.38. The molecule has 0 aliphatic carbocycles. The Hall–Kier alpha value is -2.94. The molecule has 0 saturated heterocycles. The molecule has 0 radical (unpaired) electrons. The minimum Gasteiger partial charge on any atom is -0.460 e. The highest BCUT2D eigenvalue weighted by atomic mass is 19.4. The van der Waals surface area contributed by atoms with Gasteiger partial charge >= 0.3 is 71.7 Å². The van der Waals surface area contributed by atoms with Gasteiger partial charge in [-0.15, -0.1) is 0 Å². The number of ether oxygens (including phenoxy) is 2. The molecule has 2 unspecified atom stereocenters. The van der Waals surface area contributed by atoms with Gasteiger partial charge in [0.05, 0.1) is 12.2 Å². The molecule has 28 heteroatoms. The summed E-state index contributed by atoms with van der Waals surface area (Å²) in [7, 11) is 0. The topological polar surface area (TPSA) is 93.1 Å². The minimum absolute atomic E-state index is 0.227. The third-order valence-electron chi connectivity index (χ3n) is 5.38. The number of aliphatic hydroxyl groups excluding tert-OH is 2. The number of esters is 2. The summed E-state index contributed by atoms with van der Waals surface area (Å²) in [5.74, 6) is -63.4. The predicted molar refractivity (Wildman–Crippen MR) is 104 cm³/mol. The summed E-state index contributed by atoms with van der Waals surface area (Å²) in [6.07, 6.45) is -28.1. The van der Waals surface area contributed by atoms with E-state index in [1.807, 2.05) is 0 Å². The van der Waals surface area contributed by atoms with Crippen molar-refractivity contribution in [3.63, 3.8) is 0 Å². The second-order valence-electron chi connectivity index (χ2n) is 9.16. The Kier molecular flexibility index (Phi) is 12.9. The molecular weight excluding hydrogens is 754 g/mol. The standard InChI is InChI=1S/C20H14F22O6/c21-11(22,13(25,26)15(29,30)17(33,34)19(37,38)39)3-7(43)5-47-9(45)1-2-10(46)48-6-8(44)4-12(23,24)14(27,28)16(31,32)18(35,36)20(40,41)42/h1-2,7-8,43-44H,3-6H2/b2-1-. The lowest BCUT2D eigenvalue weighted by Crippen LogP contribution is -2.66. The maximum Gasteiger partial charge on any atom is 0.460 e. The first-order chi connectivity index (χ1) is 20.8. The minimum atomic E-state index is -7.82. The van der Waals surface area contributed by atoms with E-state index in [1.54, 1.807) is 0 Å². The average Bonchev–Trinajstić information content (AvgIpc) is 2.86. The van der Waals surface area contributed by atoms with Gasteiger partial charge in [-0.3, -0.25) is 0 Å². The lowest BCUT2D eigenvalue weighted by Gasteiger charge is -2.37. The number of halogens is 22. The normalized spacial score (nSPS) is 16.6. The molecule has 6 nitrogen and oxygen atoms in total. The van der Waals surface area contributed by atoms with Crippen molar-refractivity contribution in [1.29, 1.82) is 0 Å². The van der Waals surface area contributed by atoms with E-state index >= 15 is 0 Å². The highest BCUT2D eigenvalue weighted by Crippen LogP contribution is 2.59. The molecule has 0 bridgehead atoms. The van der Waals surface area contributed by atoms with E-state index < -0.39 is 110 Å². The summed E-state index contributed by atoms with van der Waals surface area (Å²) < 4.78 is 292. The van der Waals surface area contributed by atoms with Gasteiger partial charge in [0.25, 0.3) is 0 Å². The SMILES string of the molecule is O=C(/C=C\C(=O)OCC(O)CC(F)(F)C(F)(F)C(F)(F)C(F)(F)C(F)(F)F)OCC(O)CC(F)(F)C(F)(F)C(F)(F)C(F)(F)C(F)(F)F. The van der Waals surface area contributed by atoms with E-state index in [0.29, 0.717) is 0 Å². The molecule has 0 fully saturated rings. The van der Waals surface area contributed by atoms with Crippen LogP contribution in [-0.2, 0) is 19.1 Å². The summed E-state index contributed by atoms with van der Waals surface area (Å²) >= 11 is 0. The van der Waals surface area contributed by atoms with Crippen LogP contribution in [0.5, 0.6) is 0 Å². The van der Waals surface area contributed by atoms with E-state index in [-0.39, 0.29) is 12.2 Å². The van der Waals surface area contributed by atoms with Crippen LogP contribution in [0.2, 0.25) is 0 Å². The number of rotatable bonds is 16. The highest BCUT2D eigenvalue weighted by molar-refractivity contribution is 5.91. The second-order valence-corrected chi connectivity index (χ2v) is 9.16. The second kappa shape index (κ2) is 13.8. The van der Waals surface area contributed by atoms with Crippen molar-refractivity contribution < 1.29 is 126 Å². The van der Waals surface area contributed by atoms with Crippen molar-refractivity contribution in [2.75, 3.05) is 13.2 Å². The van der Waals surface area contributed by atoms with Gasteiger partial charge in [0.15, 0.2) is 0 Å². The van der Waals surface area contributed by atoms with Crippen LogP contribution >= 0.6 is 0 Å². The average molecular weight is 768 g/mol. The van der Waals surface area contributed by atoms with E-state index in [1.165, 1.54) is 0 Å². The zero-order chi connectivity index (χ0) is 39.0. The Morgan fingerprint density at radius 3 is 0.875 bits per heavy atom. The summed E-state index contributed by atoms with van der Waals surface area (Å²) in [6, 6.07) is 0. The van der Waals surface area contributed by atoms with Gasteiger partial charge in [-0.05, 0) is 0 Å². The van der Waals surface area contributed by atoms with Crippen molar-refractivity contribution in [2.45, 2.75) is 84.8 Å². The van der Waals surface area contributed by atoms with Crippen LogP contribution in [0, 0.1) is 0 Å². The van der Waals surface area contributed by atoms with Gasteiger partial charge in [-0.2, -0.15) is 96.6 Å². The monoisotopic (exact) mass is 768 g/mol. The largest absolute Gasteiger partial charge is 0.460 e. The number of carbonyl (C=O) groups excluding carboxylic acids is 2. The molecule has 0 spiro atoms. The lowest BCUT2D eigenvalue weighted by atomic mass is 9.94. The van der Waals surface area contributed by atoms with Crippen LogP contribution in [0.4, 0.5) is 96.6 Å². The Labute approximate surface area is 249 Å². The van der Waals surface area contributed by atoms with Crippen LogP contribution in [0.25, 0.3) is 0 Å². The highest BCUT2D eigenvalue weighted by Gasteiger charge is 2.88. The van der Waals surface area contributed by atoms with Crippen molar-refractivity contribution in [2.24, 2.45) is 0 Å². The molecule has 0 aliphatic rings. The fourth-order valence-corrected chi connectivity index (χ4v) is 2.76. The molecule has 48 heavy (non-hydrogen) atoms. The summed E-state index contributed by atoms with van der Waals surface area (Å²) in [5.41, 5.74) is 0. The summed E-state index contributed by atoms with van der Waals surface area (Å²) in [5, 5.41) is 18.4. The van der Waals surface area contributed by atoms with E-state index in [4.69, 9.17) is 0 Å². The van der Waals surface area contributed by atoms with Crippen LogP contribution in [0.3, 0.4) is 0 Å². The van der Waals surface area contributed by atoms with Crippen LogP contribution in [0.15, 0.2) is 12.2 Å². The number of alkyl halides is 22. The van der Waals surface area contributed by atoms with E-state index in [0.717, 1.165) is 0 Å². The van der Waals surface area contributed by atoms with Crippen LogP contribution in [-0.4, -0.2) is 107 Å². The summed E-state index contributed by atoms with van der Waals surface area (Å²) in [6.45, 7) is -3.96. The zero-order valence-corrected chi connectivity index (χ0v) is 22.0. The number of hydrogen-bond acceptors (Lipinski definition) is 6. The first kappa shape index (κ1) is 45.1. The molecule has 0 aliphatic heterocycles. The van der Waals surface area contributed by atoms with Gasteiger partial charge in [0.1, 0.15) is 13.2 Å². The molecule has 0 aromatic rings. The van der Waals surface area contributed by atoms with Crippen LogP contribution < -0.4 is 0 Å². The Bertz CT molecular complexity index is 1070. The van der Waals surface area contributed by atoms with Crippen molar-refractivity contribution >= 4 is 11.9 Å².